The number of nitrogens with zero attached hydrogens (tertiary/aromatic N) is 2. The molecule has 1 atom stereocenters. The minimum Gasteiger partial charge on any atom is -0.389 e. The van der Waals surface area contributed by atoms with Crippen LogP contribution in [0.25, 0.3) is 0 Å². The molecule has 0 amide bonds. The molecule has 1 fully saturated rings. The topological polar surface area (TPSA) is 32.5 Å². The predicted octanol–water partition coefficient (Wildman–Crippen LogP) is 1.85. The van der Waals surface area contributed by atoms with Gasteiger partial charge in [0, 0.05) is 31.4 Å². The summed E-state index contributed by atoms with van der Waals surface area (Å²) < 4.78 is 13.8. The van der Waals surface area contributed by atoms with E-state index in [0.717, 1.165) is 25.3 Å². The van der Waals surface area contributed by atoms with Crippen LogP contribution >= 0.6 is 12.2 Å². The molecule has 0 bridgehead atoms. The second kappa shape index (κ2) is 5.84. The fraction of sp³-hybridized carbons (Fsp3) is 0.500. The van der Waals surface area contributed by atoms with Crippen LogP contribution in [0.5, 0.6) is 0 Å². The summed E-state index contributed by atoms with van der Waals surface area (Å²) in [5.74, 6) is 0.300. The molecule has 3 nitrogen and oxygen atoms in total. The van der Waals surface area contributed by atoms with Crippen LogP contribution in [0, 0.1) is 11.7 Å². The van der Waals surface area contributed by atoms with Crippen molar-refractivity contribution in [2.24, 2.45) is 11.7 Å². The molecular weight excluding hydrogens is 261 g/mol. The van der Waals surface area contributed by atoms with Crippen molar-refractivity contribution in [3.05, 3.63) is 29.6 Å². The van der Waals surface area contributed by atoms with Crippen LogP contribution in [0.4, 0.5) is 10.1 Å². The van der Waals surface area contributed by atoms with E-state index in [1.54, 1.807) is 6.07 Å². The summed E-state index contributed by atoms with van der Waals surface area (Å²) in [5.41, 5.74) is 6.64. The number of thiocarbonyl (C=S) groups is 1. The number of halogens is 1. The number of hydrogen-bond donors (Lipinski definition) is 1. The Labute approximate surface area is 119 Å². The predicted molar refractivity (Wildman–Crippen MR) is 81.2 cm³/mol. The molecule has 0 aliphatic carbocycles. The number of hydrogen-bond acceptors (Lipinski definition) is 3. The SMILES string of the molecule is CN1CCC(CN(C)c2ccc(C(N)=S)c(F)c2)C1. The molecule has 2 N–H and O–H groups in total. The summed E-state index contributed by atoms with van der Waals surface area (Å²) in [5, 5.41) is 0. The minimum atomic E-state index is -0.347. The van der Waals surface area contributed by atoms with Gasteiger partial charge >= 0.3 is 0 Å². The molecule has 104 valence electrons. The van der Waals surface area contributed by atoms with Crippen molar-refractivity contribution >= 4 is 22.9 Å². The van der Waals surface area contributed by atoms with Gasteiger partial charge in [-0.3, -0.25) is 0 Å². The maximum atomic E-state index is 13.8. The first kappa shape index (κ1) is 14.2. The first-order valence-electron chi connectivity index (χ1n) is 6.46. The van der Waals surface area contributed by atoms with Gasteiger partial charge in [0.05, 0.1) is 0 Å². The molecular formula is C14H20FN3S. The van der Waals surface area contributed by atoms with Crippen LogP contribution < -0.4 is 10.6 Å². The average Bonchev–Trinajstić information content (AvgIpc) is 2.74. The van der Waals surface area contributed by atoms with Gasteiger partial charge < -0.3 is 15.5 Å². The molecule has 1 heterocycles. The van der Waals surface area contributed by atoms with E-state index in [4.69, 9.17) is 18.0 Å². The highest BCUT2D eigenvalue weighted by Crippen LogP contribution is 2.21. The van der Waals surface area contributed by atoms with Crippen LogP contribution in [0.1, 0.15) is 12.0 Å². The molecule has 1 aliphatic rings. The number of nitrogens with two attached hydrogens (primary N) is 1. The van der Waals surface area contributed by atoms with Gasteiger partial charge in [0.25, 0.3) is 0 Å². The van der Waals surface area contributed by atoms with Gasteiger partial charge in [0.2, 0.25) is 0 Å². The van der Waals surface area contributed by atoms with Gasteiger partial charge in [-0.05, 0) is 44.1 Å². The fourth-order valence-corrected chi connectivity index (χ4v) is 2.77. The number of anilines is 1. The second-order valence-electron chi connectivity index (χ2n) is 5.33. The van der Waals surface area contributed by atoms with E-state index in [1.807, 2.05) is 13.1 Å². The lowest BCUT2D eigenvalue weighted by Gasteiger charge is -2.23. The maximum Gasteiger partial charge on any atom is 0.135 e. The molecule has 0 radical (unpaired) electrons. The van der Waals surface area contributed by atoms with E-state index in [2.05, 4.69) is 16.8 Å². The lowest BCUT2D eigenvalue weighted by molar-refractivity contribution is 0.396. The largest absolute Gasteiger partial charge is 0.389 e. The highest BCUT2D eigenvalue weighted by molar-refractivity contribution is 7.80. The number of rotatable bonds is 4. The van der Waals surface area contributed by atoms with Crippen molar-refractivity contribution in [1.82, 2.24) is 4.90 Å². The molecule has 0 spiro atoms. The maximum absolute atomic E-state index is 13.8. The van der Waals surface area contributed by atoms with Gasteiger partial charge in [-0.15, -0.1) is 0 Å². The number of benzene rings is 1. The van der Waals surface area contributed by atoms with Crippen LogP contribution in [0.2, 0.25) is 0 Å². The Morgan fingerprint density at radius 1 is 1.58 bits per heavy atom. The fourth-order valence-electron chi connectivity index (χ4n) is 2.61. The highest BCUT2D eigenvalue weighted by Gasteiger charge is 2.21. The van der Waals surface area contributed by atoms with Crippen molar-refractivity contribution < 1.29 is 4.39 Å². The first-order chi connectivity index (χ1) is 8.97. The minimum absolute atomic E-state index is 0.101. The Morgan fingerprint density at radius 3 is 2.84 bits per heavy atom. The summed E-state index contributed by atoms with van der Waals surface area (Å²) in [6, 6.07) is 5.04. The van der Waals surface area contributed by atoms with E-state index < -0.39 is 0 Å². The molecule has 1 aromatic rings. The highest BCUT2D eigenvalue weighted by atomic mass is 32.1. The van der Waals surface area contributed by atoms with E-state index in [1.165, 1.54) is 12.5 Å². The van der Waals surface area contributed by atoms with Gasteiger partial charge in [-0.1, -0.05) is 12.2 Å². The Kier molecular flexibility index (Phi) is 4.37. The Hall–Kier alpha value is -1.20. The van der Waals surface area contributed by atoms with Crippen LogP contribution in [0.3, 0.4) is 0 Å². The first-order valence-corrected chi connectivity index (χ1v) is 6.87. The van der Waals surface area contributed by atoms with Gasteiger partial charge in [0.15, 0.2) is 0 Å². The van der Waals surface area contributed by atoms with Gasteiger partial charge in [0.1, 0.15) is 10.8 Å². The zero-order chi connectivity index (χ0) is 14.0. The second-order valence-corrected chi connectivity index (χ2v) is 5.77. The van der Waals surface area contributed by atoms with E-state index in [9.17, 15) is 4.39 Å². The van der Waals surface area contributed by atoms with E-state index >= 15 is 0 Å². The standard InChI is InChI=1S/C14H20FN3S/c1-17-6-5-10(8-17)9-18(2)11-3-4-12(14(16)19)13(15)7-11/h3-4,7,10H,5-6,8-9H2,1-2H3,(H2,16,19). The summed E-state index contributed by atoms with van der Waals surface area (Å²) in [6.45, 7) is 3.20. The molecule has 0 aromatic heterocycles. The number of likely N-dealkylation sites (tertiary alicyclic amines) is 1. The Morgan fingerprint density at radius 2 is 2.32 bits per heavy atom. The Balaban J connectivity index is 2.05. The molecule has 0 saturated carbocycles. The van der Waals surface area contributed by atoms with Crippen LogP contribution in [-0.2, 0) is 0 Å². The van der Waals surface area contributed by atoms with Crippen molar-refractivity contribution in [2.75, 3.05) is 38.6 Å². The molecule has 5 heteroatoms. The average molecular weight is 281 g/mol. The molecule has 1 unspecified atom stereocenters. The Bertz CT molecular complexity index is 478. The van der Waals surface area contributed by atoms with Crippen LogP contribution in [0.15, 0.2) is 18.2 Å². The van der Waals surface area contributed by atoms with Crippen molar-refractivity contribution in [1.29, 1.82) is 0 Å². The smallest absolute Gasteiger partial charge is 0.135 e. The lowest BCUT2D eigenvalue weighted by Crippen LogP contribution is -2.27. The molecule has 1 aliphatic heterocycles. The third-order valence-corrected chi connectivity index (χ3v) is 3.90. The van der Waals surface area contributed by atoms with Gasteiger partial charge in [-0.2, -0.15) is 0 Å². The normalized spacial score (nSPS) is 19.6. The zero-order valence-electron chi connectivity index (χ0n) is 11.4. The molecule has 1 aromatic carbocycles. The summed E-state index contributed by atoms with van der Waals surface area (Å²) in [7, 11) is 4.13. The van der Waals surface area contributed by atoms with Crippen molar-refractivity contribution in [2.45, 2.75) is 6.42 Å². The summed E-state index contributed by atoms with van der Waals surface area (Å²) in [4.78, 5) is 4.52. The van der Waals surface area contributed by atoms with Crippen molar-refractivity contribution in [3.63, 3.8) is 0 Å². The quantitative estimate of drug-likeness (QED) is 0.854. The van der Waals surface area contributed by atoms with E-state index in [-0.39, 0.29) is 10.8 Å². The third kappa shape index (κ3) is 3.42. The molecule has 2 rings (SSSR count). The molecule has 19 heavy (non-hydrogen) atoms. The summed E-state index contributed by atoms with van der Waals surface area (Å²) >= 11 is 4.81. The zero-order valence-corrected chi connectivity index (χ0v) is 12.2. The molecule has 1 saturated heterocycles. The van der Waals surface area contributed by atoms with E-state index in [0.29, 0.717) is 11.5 Å². The monoisotopic (exact) mass is 281 g/mol. The van der Waals surface area contributed by atoms with Gasteiger partial charge in [-0.25, -0.2) is 4.39 Å². The van der Waals surface area contributed by atoms with Crippen molar-refractivity contribution in [3.8, 4) is 0 Å². The third-order valence-electron chi connectivity index (χ3n) is 3.68. The van der Waals surface area contributed by atoms with Crippen LogP contribution in [-0.4, -0.2) is 43.6 Å². The lowest BCUT2D eigenvalue weighted by atomic mass is 10.1. The summed E-state index contributed by atoms with van der Waals surface area (Å²) in [6.07, 6.45) is 1.20.